The van der Waals surface area contributed by atoms with E-state index in [9.17, 15) is 26.8 Å². The number of hydrogen-bond donors (Lipinski definition) is 0. The van der Waals surface area contributed by atoms with Gasteiger partial charge in [0.05, 0.1) is 11.0 Å². The Morgan fingerprint density at radius 1 is 1.40 bits per heavy atom. The van der Waals surface area contributed by atoms with E-state index >= 15 is 0 Å². The molecule has 1 rings (SSSR count). The molecule has 0 aliphatic rings. The van der Waals surface area contributed by atoms with E-state index in [1.807, 2.05) is 0 Å². The first-order valence-electron chi connectivity index (χ1n) is 3.65. The number of nitrogens with zero attached hydrogens (tertiary/aromatic N) is 1. The molecule has 0 radical (unpaired) electrons. The highest BCUT2D eigenvalue weighted by molar-refractivity contribution is 7.85. The lowest BCUT2D eigenvalue weighted by Gasteiger charge is -1.99. The fourth-order valence-corrected chi connectivity index (χ4v) is 1.56. The monoisotopic (exact) mass is 237 g/mol. The molecule has 1 aromatic carbocycles. The Hall–Kier alpha value is -1.57. The molecule has 0 N–H and O–H groups in total. The van der Waals surface area contributed by atoms with Crippen LogP contribution < -0.4 is 0 Å². The second-order valence-electron chi connectivity index (χ2n) is 2.72. The number of rotatable bonds is 3. The Labute approximate surface area is 83.7 Å². The van der Waals surface area contributed by atoms with Gasteiger partial charge < -0.3 is 0 Å². The van der Waals surface area contributed by atoms with Crippen molar-refractivity contribution in [2.75, 3.05) is 0 Å². The average molecular weight is 237 g/mol. The van der Waals surface area contributed by atoms with Gasteiger partial charge >= 0.3 is 10.2 Å². The Balaban J connectivity index is 3.09. The van der Waals surface area contributed by atoms with E-state index in [-0.39, 0.29) is 0 Å². The second-order valence-corrected chi connectivity index (χ2v) is 4.08. The Morgan fingerprint density at radius 3 is 2.40 bits per heavy atom. The average Bonchev–Trinajstić information content (AvgIpc) is 2.05. The number of non-ortho nitro benzene ring substituents is 1. The van der Waals surface area contributed by atoms with E-state index in [4.69, 9.17) is 0 Å². The van der Waals surface area contributed by atoms with Crippen molar-refractivity contribution in [3.8, 4) is 0 Å². The topological polar surface area (TPSA) is 77.3 Å². The van der Waals surface area contributed by atoms with E-state index in [1.165, 1.54) is 0 Å². The van der Waals surface area contributed by atoms with Crippen LogP contribution in [0.1, 0.15) is 5.56 Å². The Kier molecular flexibility index (Phi) is 2.98. The first-order valence-corrected chi connectivity index (χ1v) is 5.20. The summed E-state index contributed by atoms with van der Waals surface area (Å²) in [4.78, 5) is 9.36. The molecule has 5 nitrogen and oxygen atoms in total. The summed E-state index contributed by atoms with van der Waals surface area (Å²) < 4.78 is 45.6. The van der Waals surface area contributed by atoms with E-state index < -0.39 is 38.0 Å². The molecule has 8 heteroatoms. The van der Waals surface area contributed by atoms with Gasteiger partial charge in [-0.05, 0) is 6.07 Å². The van der Waals surface area contributed by atoms with Gasteiger partial charge in [0.15, 0.2) is 0 Å². The van der Waals surface area contributed by atoms with Crippen LogP contribution in [0.25, 0.3) is 0 Å². The summed E-state index contributed by atoms with van der Waals surface area (Å²) in [6.45, 7) is 0. The van der Waals surface area contributed by atoms with Gasteiger partial charge in [0.25, 0.3) is 5.69 Å². The van der Waals surface area contributed by atoms with Gasteiger partial charge in [0.1, 0.15) is 11.6 Å². The Morgan fingerprint density at radius 2 is 2.00 bits per heavy atom. The standard InChI is InChI=1S/C7H5F2NO4S/c8-7-3-6(10(11)12)2-1-5(7)4-15(9,13)14/h1-3H,4H2. The fourth-order valence-electron chi connectivity index (χ4n) is 0.953. The van der Waals surface area contributed by atoms with Crippen molar-refractivity contribution in [1.29, 1.82) is 0 Å². The lowest BCUT2D eigenvalue weighted by molar-refractivity contribution is -0.385. The van der Waals surface area contributed by atoms with Gasteiger partial charge in [-0.25, -0.2) is 4.39 Å². The summed E-state index contributed by atoms with van der Waals surface area (Å²) in [7, 11) is -4.84. The van der Waals surface area contributed by atoms with Crippen LogP contribution in [0.2, 0.25) is 0 Å². The maximum absolute atomic E-state index is 13.0. The molecular formula is C7H5F2NO4S. The third-order valence-corrected chi connectivity index (χ3v) is 2.23. The van der Waals surface area contributed by atoms with Gasteiger partial charge in [0.2, 0.25) is 0 Å². The summed E-state index contributed by atoms with van der Waals surface area (Å²) in [5.41, 5.74) is -0.962. The molecule has 0 saturated carbocycles. The molecule has 0 fully saturated rings. The molecule has 0 bridgehead atoms. The number of nitro groups is 1. The van der Waals surface area contributed by atoms with Gasteiger partial charge in [-0.15, -0.1) is 3.89 Å². The number of benzene rings is 1. The number of hydrogen-bond acceptors (Lipinski definition) is 4. The van der Waals surface area contributed by atoms with Crippen LogP contribution in [0, 0.1) is 15.9 Å². The van der Waals surface area contributed by atoms with Crippen LogP contribution in [-0.4, -0.2) is 13.3 Å². The summed E-state index contributed by atoms with van der Waals surface area (Å²) in [6.07, 6.45) is 0. The van der Waals surface area contributed by atoms with E-state index in [2.05, 4.69) is 0 Å². The SMILES string of the molecule is O=[N+]([O-])c1ccc(CS(=O)(=O)F)c(F)c1. The summed E-state index contributed by atoms with van der Waals surface area (Å²) in [6, 6.07) is 2.31. The highest BCUT2D eigenvalue weighted by Crippen LogP contribution is 2.18. The highest BCUT2D eigenvalue weighted by atomic mass is 32.3. The van der Waals surface area contributed by atoms with Crippen molar-refractivity contribution in [3.63, 3.8) is 0 Å². The van der Waals surface area contributed by atoms with Crippen molar-refractivity contribution in [2.24, 2.45) is 0 Å². The van der Waals surface area contributed by atoms with E-state index in [0.717, 1.165) is 12.1 Å². The minimum Gasteiger partial charge on any atom is -0.258 e. The van der Waals surface area contributed by atoms with Crippen molar-refractivity contribution in [2.45, 2.75) is 5.75 Å². The molecule has 1 aromatic rings. The fraction of sp³-hybridized carbons (Fsp3) is 0.143. The van der Waals surface area contributed by atoms with Crippen molar-refractivity contribution < 1.29 is 21.6 Å². The first-order chi connectivity index (χ1) is 6.79. The van der Waals surface area contributed by atoms with E-state index in [1.54, 1.807) is 0 Å². The van der Waals surface area contributed by atoms with Gasteiger partial charge in [-0.3, -0.25) is 10.1 Å². The highest BCUT2D eigenvalue weighted by Gasteiger charge is 2.16. The minimum absolute atomic E-state index is 0.442. The Bertz CT molecular complexity index is 500. The van der Waals surface area contributed by atoms with Crippen LogP contribution in [0.15, 0.2) is 18.2 Å². The lowest BCUT2D eigenvalue weighted by Crippen LogP contribution is -2.00. The van der Waals surface area contributed by atoms with Crippen LogP contribution in [0.3, 0.4) is 0 Å². The van der Waals surface area contributed by atoms with Crippen LogP contribution in [0.4, 0.5) is 14.0 Å². The zero-order valence-corrected chi connectivity index (χ0v) is 8.00. The zero-order chi connectivity index (χ0) is 11.6. The summed E-state index contributed by atoms with van der Waals surface area (Å²) in [5, 5.41) is 10.2. The molecule has 0 aromatic heterocycles. The smallest absolute Gasteiger partial charge is 0.258 e. The number of nitro benzene ring substituents is 1. The molecule has 15 heavy (non-hydrogen) atoms. The van der Waals surface area contributed by atoms with E-state index in [0.29, 0.717) is 6.07 Å². The predicted molar refractivity (Wildman–Crippen MR) is 46.8 cm³/mol. The number of halogens is 2. The molecule has 0 aliphatic heterocycles. The van der Waals surface area contributed by atoms with Crippen LogP contribution in [0.5, 0.6) is 0 Å². The molecule has 0 aliphatic carbocycles. The van der Waals surface area contributed by atoms with Crippen LogP contribution in [-0.2, 0) is 16.0 Å². The van der Waals surface area contributed by atoms with Gasteiger partial charge in [0, 0.05) is 11.6 Å². The lowest BCUT2D eigenvalue weighted by atomic mass is 10.2. The molecule has 0 spiro atoms. The molecular weight excluding hydrogens is 232 g/mol. The normalized spacial score (nSPS) is 11.3. The van der Waals surface area contributed by atoms with Crippen molar-refractivity contribution in [3.05, 3.63) is 39.7 Å². The predicted octanol–water partition coefficient (Wildman–Crippen LogP) is 1.53. The molecule has 82 valence electrons. The summed E-state index contributed by atoms with van der Waals surface area (Å²) >= 11 is 0. The van der Waals surface area contributed by atoms with Crippen LogP contribution >= 0.6 is 0 Å². The maximum Gasteiger partial charge on any atom is 0.306 e. The quantitative estimate of drug-likeness (QED) is 0.453. The summed E-state index contributed by atoms with van der Waals surface area (Å²) in [5.74, 6) is -2.25. The molecule has 0 amide bonds. The maximum atomic E-state index is 13.0. The minimum atomic E-state index is -4.84. The molecule has 0 saturated heterocycles. The van der Waals surface area contributed by atoms with Crippen molar-refractivity contribution >= 4 is 15.9 Å². The zero-order valence-electron chi connectivity index (χ0n) is 7.18. The largest absolute Gasteiger partial charge is 0.306 e. The molecule has 0 heterocycles. The van der Waals surface area contributed by atoms with Gasteiger partial charge in [-0.1, -0.05) is 0 Å². The first kappa shape index (κ1) is 11.5. The van der Waals surface area contributed by atoms with Crippen molar-refractivity contribution in [1.82, 2.24) is 0 Å². The third-order valence-electron chi connectivity index (χ3n) is 1.58. The third kappa shape index (κ3) is 3.24. The van der Waals surface area contributed by atoms with Gasteiger partial charge in [-0.2, -0.15) is 8.42 Å². The molecule has 0 unspecified atom stereocenters. The molecule has 0 atom stereocenters. The second kappa shape index (κ2) is 3.89.